The zero-order chi connectivity index (χ0) is 13.2. The second-order valence-electron chi connectivity index (χ2n) is 4.18. The van der Waals surface area contributed by atoms with Gasteiger partial charge in [0.25, 0.3) is 0 Å². The summed E-state index contributed by atoms with van der Waals surface area (Å²) in [6, 6.07) is 1.87. The van der Waals surface area contributed by atoms with E-state index in [2.05, 4.69) is 0 Å². The molecule has 0 aliphatic carbocycles. The number of nitrogens with two attached hydrogens (primary N) is 1. The summed E-state index contributed by atoms with van der Waals surface area (Å²) in [6.07, 6.45) is -3.83. The highest BCUT2D eigenvalue weighted by Crippen LogP contribution is 2.32. The van der Waals surface area contributed by atoms with Gasteiger partial charge in [-0.15, -0.1) is 0 Å². The molecule has 0 amide bonds. The highest BCUT2D eigenvalue weighted by Gasteiger charge is 2.32. The molecule has 1 aromatic rings. The number of hydrogen-bond acceptors (Lipinski definition) is 1. The van der Waals surface area contributed by atoms with Crippen molar-refractivity contribution in [2.75, 3.05) is 0 Å². The van der Waals surface area contributed by atoms with Crippen molar-refractivity contribution in [2.45, 2.75) is 32.5 Å². The third-order valence-corrected chi connectivity index (χ3v) is 2.89. The van der Waals surface area contributed by atoms with Crippen LogP contribution in [0.25, 0.3) is 0 Å². The molecule has 1 rings (SSSR count). The van der Waals surface area contributed by atoms with Crippen molar-refractivity contribution >= 4 is 0 Å². The van der Waals surface area contributed by atoms with E-state index in [1.807, 2.05) is 13.8 Å². The van der Waals surface area contributed by atoms with Gasteiger partial charge in [0.2, 0.25) is 0 Å². The molecule has 1 nitrogen and oxygen atoms in total. The van der Waals surface area contributed by atoms with Crippen molar-refractivity contribution in [2.24, 2.45) is 11.7 Å². The van der Waals surface area contributed by atoms with Crippen molar-refractivity contribution in [3.63, 3.8) is 0 Å². The molecule has 0 radical (unpaired) electrons. The van der Waals surface area contributed by atoms with Crippen LogP contribution in [0.15, 0.2) is 18.2 Å². The van der Waals surface area contributed by atoms with E-state index >= 15 is 0 Å². The zero-order valence-corrected chi connectivity index (χ0v) is 9.68. The molecule has 17 heavy (non-hydrogen) atoms. The van der Waals surface area contributed by atoms with Gasteiger partial charge in [-0.2, -0.15) is 13.2 Å². The lowest BCUT2D eigenvalue weighted by Crippen LogP contribution is -2.19. The largest absolute Gasteiger partial charge is 0.416 e. The predicted octanol–water partition coefficient (Wildman–Crippen LogP) is 3.89. The SMILES string of the molecule is CCC(C)[C@@H](N)c1cc(F)cc(C(F)(F)F)c1. The van der Waals surface area contributed by atoms with Crippen LogP contribution in [0.5, 0.6) is 0 Å². The summed E-state index contributed by atoms with van der Waals surface area (Å²) in [4.78, 5) is 0. The van der Waals surface area contributed by atoms with Gasteiger partial charge in [0.05, 0.1) is 5.56 Å². The lowest BCUT2D eigenvalue weighted by atomic mass is 9.92. The first-order chi connectivity index (χ1) is 7.75. The second kappa shape index (κ2) is 5.04. The first kappa shape index (κ1) is 14.0. The fourth-order valence-corrected chi connectivity index (χ4v) is 1.55. The minimum atomic E-state index is -4.55. The summed E-state index contributed by atoms with van der Waals surface area (Å²) >= 11 is 0. The van der Waals surface area contributed by atoms with E-state index < -0.39 is 23.6 Å². The minimum absolute atomic E-state index is 0.00196. The van der Waals surface area contributed by atoms with E-state index in [9.17, 15) is 17.6 Å². The molecule has 0 aliphatic rings. The average Bonchev–Trinajstić information content (AvgIpc) is 2.25. The Balaban J connectivity index is 3.14. The first-order valence-electron chi connectivity index (χ1n) is 5.39. The van der Waals surface area contributed by atoms with E-state index in [-0.39, 0.29) is 11.5 Å². The molecule has 0 bridgehead atoms. The van der Waals surface area contributed by atoms with Gasteiger partial charge in [0, 0.05) is 6.04 Å². The Hall–Kier alpha value is -1.10. The molecule has 1 aromatic carbocycles. The van der Waals surface area contributed by atoms with Crippen LogP contribution in [-0.4, -0.2) is 0 Å². The maximum Gasteiger partial charge on any atom is 0.416 e. The number of rotatable bonds is 3. The minimum Gasteiger partial charge on any atom is -0.324 e. The molecule has 2 N–H and O–H groups in total. The van der Waals surface area contributed by atoms with Crippen molar-refractivity contribution in [1.29, 1.82) is 0 Å². The summed E-state index contributed by atoms with van der Waals surface area (Å²) in [5, 5.41) is 0. The monoisotopic (exact) mass is 249 g/mol. The Morgan fingerprint density at radius 3 is 2.29 bits per heavy atom. The first-order valence-corrected chi connectivity index (χ1v) is 5.39. The molecule has 0 saturated heterocycles. The van der Waals surface area contributed by atoms with Crippen LogP contribution in [0.1, 0.15) is 37.4 Å². The molecule has 96 valence electrons. The van der Waals surface area contributed by atoms with Crippen LogP contribution in [-0.2, 0) is 6.18 Å². The molecular formula is C12H15F4N. The highest BCUT2D eigenvalue weighted by atomic mass is 19.4. The van der Waals surface area contributed by atoms with Crippen molar-refractivity contribution in [3.05, 3.63) is 35.1 Å². The quantitative estimate of drug-likeness (QED) is 0.808. The maximum absolute atomic E-state index is 13.1. The number of benzene rings is 1. The summed E-state index contributed by atoms with van der Waals surface area (Å²) in [6.45, 7) is 3.71. The molecule has 0 aliphatic heterocycles. The van der Waals surface area contributed by atoms with Crippen LogP contribution in [0.3, 0.4) is 0 Å². The van der Waals surface area contributed by atoms with E-state index in [0.29, 0.717) is 6.07 Å². The Morgan fingerprint density at radius 1 is 1.24 bits per heavy atom. The Bertz CT molecular complexity index is 387. The van der Waals surface area contributed by atoms with Gasteiger partial charge in [-0.05, 0) is 29.7 Å². The van der Waals surface area contributed by atoms with Gasteiger partial charge in [-0.1, -0.05) is 20.3 Å². The molecule has 0 fully saturated rings. The van der Waals surface area contributed by atoms with Crippen molar-refractivity contribution < 1.29 is 17.6 Å². The van der Waals surface area contributed by atoms with Crippen molar-refractivity contribution in [1.82, 2.24) is 0 Å². The van der Waals surface area contributed by atoms with Gasteiger partial charge in [-0.3, -0.25) is 0 Å². The zero-order valence-electron chi connectivity index (χ0n) is 9.68. The average molecular weight is 249 g/mol. The predicted molar refractivity (Wildman–Crippen MR) is 57.8 cm³/mol. The molecule has 0 aromatic heterocycles. The van der Waals surface area contributed by atoms with Crippen LogP contribution >= 0.6 is 0 Å². The van der Waals surface area contributed by atoms with Crippen LogP contribution < -0.4 is 5.73 Å². The summed E-state index contributed by atoms with van der Waals surface area (Å²) in [7, 11) is 0. The van der Waals surface area contributed by atoms with E-state index in [0.717, 1.165) is 18.6 Å². The lowest BCUT2D eigenvalue weighted by molar-refractivity contribution is -0.137. The molecule has 5 heteroatoms. The maximum atomic E-state index is 13.1. The standard InChI is InChI=1S/C12H15F4N/c1-3-7(2)11(17)8-4-9(12(14,15)16)6-10(13)5-8/h4-7,11H,3,17H2,1-2H3/t7?,11-/m1/s1. The number of alkyl halides is 3. The van der Waals surface area contributed by atoms with Crippen molar-refractivity contribution in [3.8, 4) is 0 Å². The van der Waals surface area contributed by atoms with Gasteiger partial charge in [0.1, 0.15) is 5.82 Å². The normalized spacial score (nSPS) is 15.7. The van der Waals surface area contributed by atoms with Gasteiger partial charge >= 0.3 is 6.18 Å². The topological polar surface area (TPSA) is 26.0 Å². The van der Waals surface area contributed by atoms with E-state index in [1.165, 1.54) is 0 Å². The molecule has 1 unspecified atom stereocenters. The van der Waals surface area contributed by atoms with Crippen LogP contribution in [0.2, 0.25) is 0 Å². The Kier molecular flexibility index (Phi) is 4.14. The Labute approximate surface area is 97.6 Å². The fourth-order valence-electron chi connectivity index (χ4n) is 1.55. The number of hydrogen-bond donors (Lipinski definition) is 1. The second-order valence-corrected chi connectivity index (χ2v) is 4.18. The molecular weight excluding hydrogens is 234 g/mol. The molecule has 0 heterocycles. The molecule has 0 spiro atoms. The Morgan fingerprint density at radius 2 is 1.82 bits per heavy atom. The summed E-state index contributed by atoms with van der Waals surface area (Å²) in [5.74, 6) is -0.911. The van der Waals surface area contributed by atoms with Gasteiger partial charge in [0.15, 0.2) is 0 Å². The van der Waals surface area contributed by atoms with Crippen LogP contribution in [0.4, 0.5) is 17.6 Å². The lowest BCUT2D eigenvalue weighted by Gasteiger charge is -2.20. The van der Waals surface area contributed by atoms with Gasteiger partial charge < -0.3 is 5.73 Å². The number of halogens is 4. The third-order valence-electron chi connectivity index (χ3n) is 2.89. The summed E-state index contributed by atoms with van der Waals surface area (Å²) in [5.41, 5.74) is 4.99. The van der Waals surface area contributed by atoms with E-state index in [1.54, 1.807) is 0 Å². The smallest absolute Gasteiger partial charge is 0.324 e. The highest BCUT2D eigenvalue weighted by molar-refractivity contribution is 5.29. The van der Waals surface area contributed by atoms with Crippen LogP contribution in [0, 0.1) is 11.7 Å². The van der Waals surface area contributed by atoms with Gasteiger partial charge in [-0.25, -0.2) is 4.39 Å². The third kappa shape index (κ3) is 3.43. The molecule has 2 atom stereocenters. The summed E-state index contributed by atoms with van der Waals surface area (Å²) < 4.78 is 50.6. The van der Waals surface area contributed by atoms with E-state index in [4.69, 9.17) is 5.73 Å². The molecule has 0 saturated carbocycles. The fraction of sp³-hybridized carbons (Fsp3) is 0.500.